The van der Waals surface area contributed by atoms with Gasteiger partial charge in [-0.15, -0.1) is 0 Å². The Morgan fingerprint density at radius 1 is 1.10 bits per heavy atom. The summed E-state index contributed by atoms with van der Waals surface area (Å²) in [6.45, 7) is 3.53. The number of furan rings is 1. The van der Waals surface area contributed by atoms with Gasteiger partial charge < -0.3 is 9.73 Å². The lowest BCUT2D eigenvalue weighted by Crippen LogP contribution is -2.22. The van der Waals surface area contributed by atoms with Gasteiger partial charge in [-0.2, -0.15) is 13.2 Å². The molecular weight excluding hydrogens is 267 g/mol. The van der Waals surface area contributed by atoms with Crippen LogP contribution in [-0.2, 0) is 6.18 Å². The van der Waals surface area contributed by atoms with Crippen LogP contribution >= 0.6 is 0 Å². The van der Waals surface area contributed by atoms with Gasteiger partial charge in [-0.05, 0) is 38.6 Å². The Bertz CT molecular complexity index is 601. The molecule has 0 saturated carbocycles. The van der Waals surface area contributed by atoms with Crippen LogP contribution in [0.25, 0.3) is 0 Å². The smallest absolute Gasteiger partial charge is 0.416 e. The molecule has 108 valence electrons. The maximum atomic E-state index is 13.1. The molecule has 0 spiro atoms. The van der Waals surface area contributed by atoms with Crippen molar-refractivity contribution in [2.75, 3.05) is 7.05 Å². The standard InChI is InChI=1S/C15H16F3NO/c1-9-8-12(10(2)20-9)14(19-3)11-6-4-5-7-13(11)15(16,17)18/h4-8,14,19H,1-3H3. The monoisotopic (exact) mass is 283 g/mol. The minimum Gasteiger partial charge on any atom is -0.466 e. The summed E-state index contributed by atoms with van der Waals surface area (Å²) in [4.78, 5) is 0. The number of alkyl halides is 3. The van der Waals surface area contributed by atoms with Crippen molar-refractivity contribution in [2.24, 2.45) is 0 Å². The molecule has 2 rings (SSSR count). The predicted octanol–water partition coefficient (Wildman–Crippen LogP) is 4.22. The second-order valence-corrected chi connectivity index (χ2v) is 4.68. The van der Waals surface area contributed by atoms with Crippen molar-refractivity contribution >= 4 is 0 Å². The maximum Gasteiger partial charge on any atom is 0.416 e. The van der Waals surface area contributed by atoms with E-state index < -0.39 is 17.8 Å². The average molecular weight is 283 g/mol. The van der Waals surface area contributed by atoms with Crippen molar-refractivity contribution in [3.8, 4) is 0 Å². The lowest BCUT2D eigenvalue weighted by atomic mass is 9.94. The molecule has 2 nitrogen and oxygen atoms in total. The van der Waals surface area contributed by atoms with Crippen LogP contribution < -0.4 is 5.32 Å². The van der Waals surface area contributed by atoms with Gasteiger partial charge in [0.05, 0.1) is 11.6 Å². The highest BCUT2D eigenvalue weighted by atomic mass is 19.4. The Balaban J connectivity index is 2.56. The number of rotatable bonds is 3. The van der Waals surface area contributed by atoms with Gasteiger partial charge in [0.15, 0.2) is 0 Å². The Morgan fingerprint density at radius 2 is 1.75 bits per heavy atom. The van der Waals surface area contributed by atoms with Crippen molar-refractivity contribution in [3.05, 3.63) is 58.5 Å². The molecule has 1 aromatic heterocycles. The van der Waals surface area contributed by atoms with Gasteiger partial charge in [0.1, 0.15) is 11.5 Å². The summed E-state index contributed by atoms with van der Waals surface area (Å²) in [6.07, 6.45) is -4.38. The number of hydrogen-bond donors (Lipinski definition) is 1. The summed E-state index contributed by atoms with van der Waals surface area (Å²) in [5.41, 5.74) is 0.297. The first kappa shape index (κ1) is 14.7. The first-order valence-electron chi connectivity index (χ1n) is 6.25. The second kappa shape index (κ2) is 5.32. The van der Waals surface area contributed by atoms with Crippen molar-refractivity contribution < 1.29 is 17.6 Å². The first-order valence-corrected chi connectivity index (χ1v) is 6.25. The van der Waals surface area contributed by atoms with Crippen molar-refractivity contribution in [1.29, 1.82) is 0 Å². The number of aryl methyl sites for hydroxylation is 2. The Morgan fingerprint density at radius 3 is 2.25 bits per heavy atom. The molecular formula is C15H16F3NO. The fourth-order valence-corrected chi connectivity index (χ4v) is 2.42. The number of benzene rings is 1. The van der Waals surface area contributed by atoms with E-state index in [9.17, 15) is 13.2 Å². The van der Waals surface area contributed by atoms with Gasteiger partial charge in [-0.25, -0.2) is 0 Å². The molecule has 0 aliphatic carbocycles. The Hall–Kier alpha value is -1.75. The number of hydrogen-bond acceptors (Lipinski definition) is 2. The van der Waals surface area contributed by atoms with Crippen molar-refractivity contribution in [2.45, 2.75) is 26.1 Å². The highest BCUT2D eigenvalue weighted by Crippen LogP contribution is 2.37. The molecule has 5 heteroatoms. The molecule has 0 saturated heterocycles. The van der Waals surface area contributed by atoms with Crippen LogP contribution in [0.4, 0.5) is 13.2 Å². The number of halogens is 3. The summed E-state index contributed by atoms with van der Waals surface area (Å²) in [5, 5.41) is 2.94. The zero-order valence-corrected chi connectivity index (χ0v) is 11.5. The molecule has 0 amide bonds. The van der Waals surface area contributed by atoms with Gasteiger partial charge in [-0.1, -0.05) is 18.2 Å². The Labute approximate surface area is 115 Å². The second-order valence-electron chi connectivity index (χ2n) is 4.68. The molecule has 0 aliphatic rings. The lowest BCUT2D eigenvalue weighted by molar-refractivity contribution is -0.138. The minimum atomic E-state index is -4.38. The molecule has 0 fully saturated rings. The van der Waals surface area contributed by atoms with Crippen LogP contribution in [0.1, 0.15) is 34.3 Å². The Kier molecular flexibility index (Phi) is 3.90. The predicted molar refractivity (Wildman–Crippen MR) is 70.5 cm³/mol. The molecule has 2 aromatic rings. The fourth-order valence-electron chi connectivity index (χ4n) is 2.42. The van der Waals surface area contributed by atoms with Gasteiger partial charge in [0.25, 0.3) is 0 Å². The molecule has 1 atom stereocenters. The van der Waals surface area contributed by atoms with Crippen molar-refractivity contribution in [3.63, 3.8) is 0 Å². The average Bonchev–Trinajstić information content (AvgIpc) is 2.69. The summed E-state index contributed by atoms with van der Waals surface area (Å²) in [6, 6.07) is 6.81. The van der Waals surface area contributed by atoms with E-state index in [0.29, 0.717) is 11.5 Å². The van der Waals surface area contributed by atoms with Gasteiger partial charge in [0.2, 0.25) is 0 Å². The van der Waals surface area contributed by atoms with E-state index in [-0.39, 0.29) is 5.56 Å². The van der Waals surface area contributed by atoms with Crippen molar-refractivity contribution in [1.82, 2.24) is 5.32 Å². The van der Waals surface area contributed by atoms with Gasteiger partial charge in [-0.3, -0.25) is 0 Å². The topological polar surface area (TPSA) is 25.2 Å². The molecule has 1 unspecified atom stereocenters. The lowest BCUT2D eigenvalue weighted by Gasteiger charge is -2.21. The minimum absolute atomic E-state index is 0.200. The van der Waals surface area contributed by atoms with E-state index in [1.165, 1.54) is 12.1 Å². The third kappa shape index (κ3) is 2.72. The van der Waals surface area contributed by atoms with E-state index in [1.54, 1.807) is 33.0 Å². The van der Waals surface area contributed by atoms with Crippen LogP contribution in [0.5, 0.6) is 0 Å². The zero-order valence-electron chi connectivity index (χ0n) is 11.5. The maximum absolute atomic E-state index is 13.1. The van der Waals surface area contributed by atoms with E-state index in [0.717, 1.165) is 11.6 Å². The first-order chi connectivity index (χ1) is 9.34. The molecule has 1 N–H and O–H groups in total. The molecule has 20 heavy (non-hydrogen) atoms. The molecule has 1 heterocycles. The molecule has 0 bridgehead atoms. The van der Waals surface area contributed by atoms with E-state index >= 15 is 0 Å². The van der Waals surface area contributed by atoms with E-state index in [2.05, 4.69) is 5.32 Å². The van der Waals surface area contributed by atoms with Crippen LogP contribution in [0.2, 0.25) is 0 Å². The summed E-state index contributed by atoms with van der Waals surface area (Å²) < 4.78 is 44.8. The SMILES string of the molecule is CNC(c1ccccc1C(F)(F)F)c1cc(C)oc1C. The number of nitrogens with one attached hydrogen (secondary N) is 1. The summed E-state index contributed by atoms with van der Waals surface area (Å²) in [5.74, 6) is 1.31. The van der Waals surface area contributed by atoms with Gasteiger partial charge >= 0.3 is 6.18 Å². The van der Waals surface area contributed by atoms with Gasteiger partial charge in [0, 0.05) is 5.56 Å². The largest absolute Gasteiger partial charge is 0.466 e. The fraction of sp³-hybridized carbons (Fsp3) is 0.333. The molecule has 0 aliphatic heterocycles. The highest BCUT2D eigenvalue weighted by Gasteiger charge is 2.35. The van der Waals surface area contributed by atoms with Crippen LogP contribution in [0, 0.1) is 13.8 Å². The zero-order chi connectivity index (χ0) is 14.9. The van der Waals surface area contributed by atoms with Crippen LogP contribution in [-0.4, -0.2) is 7.05 Å². The van der Waals surface area contributed by atoms with E-state index in [4.69, 9.17) is 4.42 Å². The highest BCUT2D eigenvalue weighted by molar-refractivity contribution is 5.40. The third-order valence-corrected chi connectivity index (χ3v) is 3.26. The van der Waals surface area contributed by atoms with E-state index in [1.807, 2.05) is 0 Å². The third-order valence-electron chi connectivity index (χ3n) is 3.26. The normalized spacial score (nSPS) is 13.5. The molecule has 1 aromatic carbocycles. The summed E-state index contributed by atoms with van der Waals surface area (Å²) >= 11 is 0. The van der Waals surface area contributed by atoms with Crippen LogP contribution in [0.3, 0.4) is 0 Å². The molecule has 0 radical (unpaired) electrons. The summed E-state index contributed by atoms with van der Waals surface area (Å²) in [7, 11) is 1.64. The quantitative estimate of drug-likeness (QED) is 0.912. The van der Waals surface area contributed by atoms with Crippen LogP contribution in [0.15, 0.2) is 34.7 Å².